The van der Waals surface area contributed by atoms with Crippen molar-refractivity contribution >= 4 is 35.1 Å². The lowest BCUT2D eigenvalue weighted by Gasteiger charge is -2.20. The summed E-state index contributed by atoms with van der Waals surface area (Å²) < 4.78 is 5.10. The lowest BCUT2D eigenvalue weighted by Crippen LogP contribution is -2.33. The number of esters is 1. The average molecular weight is 414 g/mol. The van der Waals surface area contributed by atoms with Crippen LogP contribution in [-0.2, 0) is 9.53 Å². The highest BCUT2D eigenvalue weighted by Gasteiger charge is 2.18. The fourth-order valence-electron chi connectivity index (χ4n) is 2.74. The second-order valence-corrected chi connectivity index (χ2v) is 6.93. The monoisotopic (exact) mass is 413 g/mol. The van der Waals surface area contributed by atoms with E-state index in [-0.39, 0.29) is 11.6 Å². The van der Waals surface area contributed by atoms with E-state index in [1.807, 2.05) is 60.7 Å². The molecular weight excluding hydrogens is 397 g/mol. The summed E-state index contributed by atoms with van der Waals surface area (Å²) in [5, 5.41) is 3.54. The molecule has 3 aromatic rings. The van der Waals surface area contributed by atoms with Crippen molar-refractivity contribution < 1.29 is 14.3 Å². The zero-order chi connectivity index (χ0) is 19.9. The molecule has 3 rings (SSSR count). The van der Waals surface area contributed by atoms with Gasteiger partial charge in [-0.15, -0.1) is 0 Å². The van der Waals surface area contributed by atoms with Gasteiger partial charge in [-0.25, -0.2) is 4.79 Å². The second kappa shape index (κ2) is 9.40. The first-order valence-corrected chi connectivity index (χ1v) is 9.31. The Morgan fingerprint density at radius 3 is 1.82 bits per heavy atom. The molecule has 1 amide bonds. The van der Waals surface area contributed by atoms with E-state index in [9.17, 15) is 9.59 Å². The van der Waals surface area contributed by atoms with E-state index in [1.165, 1.54) is 18.2 Å². The average Bonchev–Trinajstić information content (AvgIpc) is 2.71. The number of rotatable bonds is 6. The van der Waals surface area contributed by atoms with Crippen molar-refractivity contribution in [1.29, 1.82) is 0 Å². The van der Waals surface area contributed by atoms with Gasteiger partial charge in [0.25, 0.3) is 5.91 Å². The van der Waals surface area contributed by atoms with Crippen molar-refractivity contribution in [3.8, 4) is 0 Å². The van der Waals surface area contributed by atoms with Crippen LogP contribution in [0.1, 0.15) is 27.5 Å². The quantitative estimate of drug-likeness (QED) is 0.574. The Labute approximate surface area is 173 Å². The molecule has 4 nitrogen and oxygen atoms in total. The molecule has 0 aromatic heterocycles. The molecule has 0 bridgehead atoms. The summed E-state index contributed by atoms with van der Waals surface area (Å²) >= 11 is 11.8. The van der Waals surface area contributed by atoms with Crippen molar-refractivity contribution in [1.82, 2.24) is 5.32 Å². The maximum absolute atomic E-state index is 12.4. The van der Waals surface area contributed by atoms with E-state index in [1.54, 1.807) is 0 Å². The Bertz CT molecular complexity index is 902. The third-order valence-corrected chi connectivity index (χ3v) is 4.44. The predicted octanol–water partition coefficient (Wildman–Crippen LogP) is 5.06. The van der Waals surface area contributed by atoms with Gasteiger partial charge in [0, 0.05) is 10.0 Å². The second-order valence-electron chi connectivity index (χ2n) is 6.06. The molecule has 0 heterocycles. The molecule has 0 saturated heterocycles. The van der Waals surface area contributed by atoms with E-state index in [2.05, 4.69) is 5.32 Å². The molecule has 142 valence electrons. The molecule has 1 N–H and O–H groups in total. The van der Waals surface area contributed by atoms with Gasteiger partial charge in [-0.3, -0.25) is 4.79 Å². The number of carbonyl (C=O) groups is 2. The van der Waals surface area contributed by atoms with Crippen LogP contribution in [0.2, 0.25) is 10.0 Å². The van der Waals surface area contributed by atoms with Crippen LogP contribution < -0.4 is 5.32 Å². The minimum absolute atomic E-state index is 0.188. The van der Waals surface area contributed by atoms with Crippen molar-refractivity contribution in [2.24, 2.45) is 0 Å². The summed E-state index contributed by atoms with van der Waals surface area (Å²) in [6.07, 6.45) is 0. The normalized spacial score (nSPS) is 10.5. The van der Waals surface area contributed by atoms with Gasteiger partial charge in [-0.05, 0) is 29.3 Å². The first-order valence-electron chi connectivity index (χ1n) is 8.55. The number of hydrogen-bond acceptors (Lipinski definition) is 3. The fourth-order valence-corrected chi connectivity index (χ4v) is 3.26. The standard InChI is InChI=1S/C22H17Cl2NO3/c23-18-11-17(12-19(24)13-18)22(27)28-14-20(26)25-21(15-7-3-1-4-8-15)16-9-5-2-6-10-16/h1-13,21H,14H2,(H,25,26). The number of benzene rings is 3. The number of hydrogen-bond donors (Lipinski definition) is 1. The molecule has 3 aromatic carbocycles. The first-order chi connectivity index (χ1) is 13.5. The van der Waals surface area contributed by atoms with Gasteiger partial charge >= 0.3 is 5.97 Å². The van der Waals surface area contributed by atoms with E-state index < -0.39 is 18.5 Å². The summed E-state index contributed by atoms with van der Waals surface area (Å²) in [6.45, 7) is -0.418. The number of carbonyl (C=O) groups excluding carboxylic acids is 2. The lowest BCUT2D eigenvalue weighted by molar-refractivity contribution is -0.124. The molecule has 0 aliphatic rings. The van der Waals surface area contributed by atoms with Gasteiger partial charge in [-0.1, -0.05) is 83.9 Å². The molecule has 28 heavy (non-hydrogen) atoms. The molecule has 0 fully saturated rings. The number of amides is 1. The molecule has 0 atom stereocenters. The van der Waals surface area contributed by atoms with Gasteiger partial charge in [0.05, 0.1) is 11.6 Å². The Hall–Kier alpha value is -2.82. The molecule has 0 aliphatic carbocycles. The van der Waals surface area contributed by atoms with Crippen molar-refractivity contribution in [3.63, 3.8) is 0 Å². The van der Waals surface area contributed by atoms with Crippen LogP contribution in [0.25, 0.3) is 0 Å². The highest BCUT2D eigenvalue weighted by Crippen LogP contribution is 2.22. The molecule has 0 spiro atoms. The van der Waals surface area contributed by atoms with Crippen LogP contribution in [-0.4, -0.2) is 18.5 Å². The smallest absolute Gasteiger partial charge is 0.338 e. The summed E-state index contributed by atoms with van der Waals surface area (Å²) in [6, 6.07) is 23.2. The Morgan fingerprint density at radius 2 is 1.32 bits per heavy atom. The van der Waals surface area contributed by atoms with Gasteiger partial charge in [0.2, 0.25) is 0 Å². The van der Waals surface area contributed by atoms with Gasteiger partial charge in [0.1, 0.15) is 0 Å². The third-order valence-electron chi connectivity index (χ3n) is 4.00. The van der Waals surface area contributed by atoms with E-state index in [4.69, 9.17) is 27.9 Å². The molecule has 0 unspecified atom stereocenters. The third kappa shape index (κ3) is 5.35. The molecule has 0 aliphatic heterocycles. The Balaban J connectivity index is 1.68. The topological polar surface area (TPSA) is 55.4 Å². The highest BCUT2D eigenvalue weighted by molar-refractivity contribution is 6.35. The molecular formula is C22H17Cl2NO3. The first kappa shape index (κ1) is 19.9. The lowest BCUT2D eigenvalue weighted by atomic mass is 9.99. The minimum Gasteiger partial charge on any atom is -0.452 e. The summed E-state index contributed by atoms with van der Waals surface area (Å²) in [5.74, 6) is -1.09. The summed E-state index contributed by atoms with van der Waals surface area (Å²) in [4.78, 5) is 24.6. The van der Waals surface area contributed by atoms with Gasteiger partial charge in [-0.2, -0.15) is 0 Å². The van der Waals surface area contributed by atoms with Crippen LogP contribution >= 0.6 is 23.2 Å². The van der Waals surface area contributed by atoms with Crippen LogP contribution in [0.3, 0.4) is 0 Å². The van der Waals surface area contributed by atoms with Crippen LogP contribution in [0.4, 0.5) is 0 Å². The van der Waals surface area contributed by atoms with Crippen molar-refractivity contribution in [2.45, 2.75) is 6.04 Å². The number of ether oxygens (including phenoxy) is 1. The maximum atomic E-state index is 12.4. The predicted molar refractivity (Wildman–Crippen MR) is 110 cm³/mol. The van der Waals surface area contributed by atoms with Crippen molar-refractivity contribution in [3.05, 3.63) is 106 Å². The van der Waals surface area contributed by atoms with Crippen molar-refractivity contribution in [2.75, 3.05) is 6.61 Å². The van der Waals surface area contributed by atoms with E-state index in [0.29, 0.717) is 10.0 Å². The summed E-state index contributed by atoms with van der Waals surface area (Å²) in [7, 11) is 0. The SMILES string of the molecule is O=C(COC(=O)c1cc(Cl)cc(Cl)c1)NC(c1ccccc1)c1ccccc1. The molecule has 0 radical (unpaired) electrons. The van der Waals surface area contributed by atoms with E-state index >= 15 is 0 Å². The number of halogens is 2. The Morgan fingerprint density at radius 1 is 0.821 bits per heavy atom. The largest absolute Gasteiger partial charge is 0.452 e. The molecule has 6 heteroatoms. The van der Waals surface area contributed by atoms with Crippen LogP contribution in [0.15, 0.2) is 78.9 Å². The van der Waals surface area contributed by atoms with Crippen LogP contribution in [0, 0.1) is 0 Å². The fraction of sp³-hybridized carbons (Fsp3) is 0.0909. The zero-order valence-electron chi connectivity index (χ0n) is 14.8. The van der Waals surface area contributed by atoms with Crippen LogP contribution in [0.5, 0.6) is 0 Å². The Kier molecular flexibility index (Phi) is 6.69. The maximum Gasteiger partial charge on any atom is 0.338 e. The molecule has 0 saturated carbocycles. The van der Waals surface area contributed by atoms with E-state index in [0.717, 1.165) is 11.1 Å². The van der Waals surface area contributed by atoms with Gasteiger partial charge < -0.3 is 10.1 Å². The summed E-state index contributed by atoms with van der Waals surface area (Å²) in [5.41, 5.74) is 2.04. The minimum atomic E-state index is -0.671. The zero-order valence-corrected chi connectivity index (χ0v) is 16.3. The van der Waals surface area contributed by atoms with Gasteiger partial charge in [0.15, 0.2) is 6.61 Å². The number of nitrogens with one attached hydrogen (secondary N) is 1. The highest BCUT2D eigenvalue weighted by atomic mass is 35.5.